The summed E-state index contributed by atoms with van der Waals surface area (Å²) in [5.74, 6) is -1.94. The highest BCUT2D eigenvalue weighted by atomic mass is 35.5. The van der Waals surface area contributed by atoms with E-state index in [1.165, 1.54) is 6.07 Å². The number of aryl methyl sites for hydroxylation is 1. The Kier molecular flexibility index (Phi) is 7.08. The Balaban J connectivity index is 1.39. The number of halogens is 2. The van der Waals surface area contributed by atoms with Gasteiger partial charge in [-0.05, 0) is 66.1 Å². The number of pyridine rings is 1. The molecule has 5 rings (SSSR count). The van der Waals surface area contributed by atoms with Gasteiger partial charge in [-0.3, -0.25) is 0 Å². The molecule has 2 heterocycles. The minimum absolute atomic E-state index is 0.230. The third-order valence-electron chi connectivity index (χ3n) is 6.22. The van der Waals surface area contributed by atoms with Crippen molar-refractivity contribution < 1.29 is 19.4 Å². The Morgan fingerprint density at radius 1 is 0.944 bits per heavy atom. The maximum absolute atomic E-state index is 11.7. The molecule has 0 unspecified atom stereocenters. The van der Waals surface area contributed by atoms with Crippen LogP contribution in [0.5, 0.6) is 0 Å². The molecule has 0 bridgehead atoms. The van der Waals surface area contributed by atoms with Crippen LogP contribution in [0.3, 0.4) is 0 Å². The first-order chi connectivity index (χ1) is 17.4. The Morgan fingerprint density at radius 3 is 2.50 bits per heavy atom. The van der Waals surface area contributed by atoms with Crippen LogP contribution in [0, 0.1) is 0 Å². The number of aromatic carboxylic acids is 1. The smallest absolute Gasteiger partial charge is 0.335 e. The molecule has 1 aromatic heterocycles. The lowest BCUT2D eigenvalue weighted by Crippen LogP contribution is -2.28. The maximum atomic E-state index is 11.7. The van der Waals surface area contributed by atoms with Gasteiger partial charge in [-0.15, -0.1) is 0 Å². The van der Waals surface area contributed by atoms with Crippen molar-refractivity contribution in [2.75, 3.05) is 13.2 Å². The van der Waals surface area contributed by atoms with Gasteiger partial charge in [0.1, 0.15) is 0 Å². The minimum atomic E-state index is -0.985. The number of carboxylic acid groups (broad SMARTS) is 1. The summed E-state index contributed by atoms with van der Waals surface area (Å²) in [6.45, 7) is 0.927. The number of benzene rings is 3. The van der Waals surface area contributed by atoms with Crippen LogP contribution in [-0.2, 0) is 21.7 Å². The lowest BCUT2D eigenvalue weighted by molar-refractivity contribution is -0.170. The molecule has 1 N–H and O–H groups in total. The Morgan fingerprint density at radius 2 is 1.69 bits per heavy atom. The van der Waals surface area contributed by atoms with E-state index in [2.05, 4.69) is 4.98 Å². The predicted octanol–water partition coefficient (Wildman–Crippen LogP) is 7.24. The van der Waals surface area contributed by atoms with E-state index in [1.807, 2.05) is 66.7 Å². The molecule has 0 amide bonds. The zero-order valence-corrected chi connectivity index (χ0v) is 20.8. The summed E-state index contributed by atoms with van der Waals surface area (Å²) < 4.78 is 12.2. The summed E-state index contributed by atoms with van der Waals surface area (Å²) in [5.41, 5.74) is 4.37. The molecule has 36 heavy (non-hydrogen) atoms. The van der Waals surface area contributed by atoms with Crippen LogP contribution in [0.25, 0.3) is 23.1 Å². The van der Waals surface area contributed by atoms with Crippen LogP contribution in [0.2, 0.25) is 10.0 Å². The number of hydrogen-bond donors (Lipinski definition) is 1. The van der Waals surface area contributed by atoms with Gasteiger partial charge >= 0.3 is 5.97 Å². The molecular weight excluding hydrogens is 497 g/mol. The van der Waals surface area contributed by atoms with Crippen LogP contribution in [0.15, 0.2) is 72.8 Å². The normalized spacial score (nSPS) is 15.1. The first-order valence-corrected chi connectivity index (χ1v) is 12.3. The summed E-state index contributed by atoms with van der Waals surface area (Å²) in [5, 5.41) is 11.7. The fourth-order valence-electron chi connectivity index (χ4n) is 4.45. The molecule has 4 aromatic rings. The zero-order valence-electron chi connectivity index (χ0n) is 19.3. The van der Waals surface area contributed by atoms with Crippen molar-refractivity contribution >= 4 is 52.2 Å². The van der Waals surface area contributed by atoms with Crippen LogP contribution >= 0.6 is 23.2 Å². The second kappa shape index (κ2) is 10.4. The van der Waals surface area contributed by atoms with E-state index in [1.54, 1.807) is 12.1 Å². The molecule has 0 aliphatic carbocycles. The van der Waals surface area contributed by atoms with Gasteiger partial charge in [0, 0.05) is 27.4 Å². The molecule has 1 aliphatic heterocycles. The second-order valence-electron chi connectivity index (χ2n) is 8.59. The number of nitrogens with zero attached hydrogens (tertiary/aromatic N) is 1. The fraction of sp³-hybridized carbons (Fsp3) is 0.172. The van der Waals surface area contributed by atoms with Crippen molar-refractivity contribution in [1.29, 1.82) is 0 Å². The summed E-state index contributed by atoms with van der Waals surface area (Å²) in [6.07, 6.45) is 4.83. The third-order valence-corrected chi connectivity index (χ3v) is 6.69. The molecular formula is C29H23Cl2NO4. The largest absolute Gasteiger partial charge is 0.478 e. The van der Waals surface area contributed by atoms with Gasteiger partial charge in [-0.25, -0.2) is 9.78 Å². The first kappa shape index (κ1) is 24.5. The third kappa shape index (κ3) is 5.30. The SMILES string of the molecule is O=C(O)c1ccc(Cl)cc1CCC1(c2cccc(/C=C/c3ccc4ccc(Cl)cc4n3)c2)OCCO1. The maximum Gasteiger partial charge on any atom is 0.335 e. The van der Waals surface area contributed by atoms with Crippen molar-refractivity contribution in [3.63, 3.8) is 0 Å². The van der Waals surface area contributed by atoms with Gasteiger partial charge in [0.15, 0.2) is 5.79 Å². The van der Waals surface area contributed by atoms with Crippen molar-refractivity contribution in [3.05, 3.63) is 111 Å². The van der Waals surface area contributed by atoms with E-state index in [-0.39, 0.29) is 5.56 Å². The van der Waals surface area contributed by atoms with E-state index in [0.717, 1.165) is 27.7 Å². The summed E-state index contributed by atoms with van der Waals surface area (Å²) >= 11 is 12.3. The molecule has 0 spiro atoms. The Bertz CT molecular complexity index is 1460. The molecule has 1 saturated heterocycles. The number of aromatic nitrogens is 1. The van der Waals surface area contributed by atoms with E-state index < -0.39 is 11.8 Å². The molecule has 0 radical (unpaired) electrons. The molecule has 0 saturated carbocycles. The molecule has 182 valence electrons. The predicted molar refractivity (Wildman–Crippen MR) is 142 cm³/mol. The van der Waals surface area contributed by atoms with E-state index in [9.17, 15) is 9.90 Å². The minimum Gasteiger partial charge on any atom is -0.478 e. The van der Waals surface area contributed by atoms with E-state index in [0.29, 0.717) is 41.7 Å². The second-order valence-corrected chi connectivity index (χ2v) is 9.46. The van der Waals surface area contributed by atoms with Crippen LogP contribution in [0.1, 0.15) is 39.2 Å². The summed E-state index contributed by atoms with van der Waals surface area (Å²) in [4.78, 5) is 16.4. The van der Waals surface area contributed by atoms with Gasteiger partial charge < -0.3 is 14.6 Å². The van der Waals surface area contributed by atoms with Crippen molar-refractivity contribution in [1.82, 2.24) is 4.98 Å². The summed E-state index contributed by atoms with van der Waals surface area (Å²) in [6, 6.07) is 22.4. The van der Waals surface area contributed by atoms with E-state index in [4.69, 9.17) is 32.7 Å². The fourth-order valence-corrected chi connectivity index (χ4v) is 4.81. The van der Waals surface area contributed by atoms with Crippen molar-refractivity contribution in [2.45, 2.75) is 18.6 Å². The lowest BCUT2D eigenvalue weighted by atomic mass is 9.94. The quantitative estimate of drug-likeness (QED) is 0.278. The Labute approximate surface area is 218 Å². The standard InChI is InChI=1S/C29H23Cl2NO4/c30-23-8-11-26(28(33)34)21(17-23)12-13-29(35-14-15-36-29)22-3-1-2-19(16-22)4-9-25-10-6-20-5-7-24(31)18-27(20)32-25/h1-11,16-18H,12-15H2,(H,33,34)/b9-4+. The highest BCUT2D eigenvalue weighted by molar-refractivity contribution is 6.31. The average molecular weight is 520 g/mol. The van der Waals surface area contributed by atoms with Gasteiger partial charge in [0.2, 0.25) is 0 Å². The highest BCUT2D eigenvalue weighted by Gasteiger charge is 2.38. The first-order valence-electron chi connectivity index (χ1n) is 11.6. The number of hydrogen-bond acceptors (Lipinski definition) is 4. The molecule has 1 fully saturated rings. The van der Waals surface area contributed by atoms with Gasteiger partial charge in [0.05, 0.1) is 30.0 Å². The molecule has 0 atom stereocenters. The lowest BCUT2D eigenvalue weighted by Gasteiger charge is -2.28. The van der Waals surface area contributed by atoms with Crippen LogP contribution in [-0.4, -0.2) is 29.3 Å². The number of rotatable bonds is 7. The Hall–Kier alpha value is -3.22. The highest BCUT2D eigenvalue weighted by Crippen LogP contribution is 2.37. The van der Waals surface area contributed by atoms with Crippen LogP contribution in [0.4, 0.5) is 0 Å². The monoisotopic (exact) mass is 519 g/mol. The topological polar surface area (TPSA) is 68.7 Å². The van der Waals surface area contributed by atoms with Crippen molar-refractivity contribution in [2.24, 2.45) is 0 Å². The van der Waals surface area contributed by atoms with Crippen molar-refractivity contribution in [3.8, 4) is 0 Å². The van der Waals surface area contributed by atoms with E-state index >= 15 is 0 Å². The average Bonchev–Trinajstić information content (AvgIpc) is 3.36. The zero-order chi connectivity index (χ0) is 25.1. The number of carboxylic acids is 1. The number of carbonyl (C=O) groups is 1. The number of fused-ring (bicyclic) bond motifs is 1. The molecule has 5 nitrogen and oxygen atoms in total. The molecule has 7 heteroatoms. The van der Waals surface area contributed by atoms with Gasteiger partial charge in [0.25, 0.3) is 0 Å². The molecule has 1 aliphatic rings. The van der Waals surface area contributed by atoms with Gasteiger partial charge in [-0.2, -0.15) is 0 Å². The summed E-state index contributed by atoms with van der Waals surface area (Å²) in [7, 11) is 0. The van der Waals surface area contributed by atoms with Gasteiger partial charge in [-0.1, -0.05) is 59.6 Å². The van der Waals surface area contributed by atoms with Crippen LogP contribution < -0.4 is 0 Å². The molecule has 3 aromatic carbocycles. The number of ether oxygens (including phenoxy) is 2.